The molecule has 3 heteroatoms. The van der Waals surface area contributed by atoms with Crippen LogP contribution in [0.1, 0.15) is 0 Å². The maximum atomic E-state index is 6.34. The van der Waals surface area contributed by atoms with E-state index in [1.165, 1.54) is 10.8 Å². The van der Waals surface area contributed by atoms with Crippen LogP contribution in [0.15, 0.2) is 160 Å². The van der Waals surface area contributed by atoms with E-state index in [4.69, 9.17) is 8.83 Å². The first-order valence-electron chi connectivity index (χ1n) is 14.5. The molecule has 202 valence electrons. The number of hydrogen-bond donors (Lipinski definition) is 0. The molecule has 0 fully saturated rings. The van der Waals surface area contributed by atoms with Crippen LogP contribution in [0, 0.1) is 0 Å². The zero-order chi connectivity index (χ0) is 28.3. The second kappa shape index (κ2) is 9.37. The first kappa shape index (κ1) is 23.9. The summed E-state index contributed by atoms with van der Waals surface area (Å²) in [5.74, 6) is 0. The standard InChI is InChI=1S/C40H25NO2/c1-2-9-28(10-3-1)41(30-23-19-27-20-24-38-39(35(27)25-30)34-12-5-7-16-37(34)42-38)29-21-17-26(18-22-29)31-13-8-14-33-32-11-4-6-15-36(32)43-40(31)33/h1-25H. The van der Waals surface area contributed by atoms with E-state index in [2.05, 4.69) is 132 Å². The van der Waals surface area contributed by atoms with Gasteiger partial charge in [0.25, 0.3) is 0 Å². The second-order valence-electron chi connectivity index (χ2n) is 10.9. The highest BCUT2D eigenvalue weighted by atomic mass is 16.3. The number of benzene rings is 7. The highest BCUT2D eigenvalue weighted by Gasteiger charge is 2.17. The van der Waals surface area contributed by atoms with Crippen molar-refractivity contribution in [2.24, 2.45) is 0 Å². The molecule has 0 unspecified atom stereocenters. The molecular formula is C40H25NO2. The van der Waals surface area contributed by atoms with Crippen LogP contribution in [0.2, 0.25) is 0 Å². The number of fused-ring (bicyclic) bond motifs is 8. The van der Waals surface area contributed by atoms with Crippen molar-refractivity contribution in [3.8, 4) is 11.1 Å². The number of anilines is 3. The van der Waals surface area contributed by atoms with E-state index < -0.39 is 0 Å². The van der Waals surface area contributed by atoms with E-state index >= 15 is 0 Å². The van der Waals surface area contributed by atoms with Crippen LogP contribution in [0.3, 0.4) is 0 Å². The fraction of sp³-hybridized carbons (Fsp3) is 0. The lowest BCUT2D eigenvalue weighted by Crippen LogP contribution is -2.09. The van der Waals surface area contributed by atoms with Gasteiger partial charge >= 0.3 is 0 Å². The number of hydrogen-bond acceptors (Lipinski definition) is 3. The van der Waals surface area contributed by atoms with Crippen molar-refractivity contribution in [1.29, 1.82) is 0 Å². The van der Waals surface area contributed by atoms with Gasteiger partial charge in [0.2, 0.25) is 0 Å². The fourth-order valence-corrected chi connectivity index (χ4v) is 6.46. The highest BCUT2D eigenvalue weighted by Crippen LogP contribution is 2.41. The molecule has 0 aliphatic carbocycles. The third-order valence-electron chi connectivity index (χ3n) is 8.46. The Morgan fingerprint density at radius 1 is 0.395 bits per heavy atom. The Balaban J connectivity index is 1.20. The molecule has 9 aromatic rings. The predicted octanol–water partition coefficient (Wildman–Crippen LogP) is 11.8. The van der Waals surface area contributed by atoms with Crippen LogP contribution < -0.4 is 4.90 Å². The molecule has 2 heterocycles. The Morgan fingerprint density at radius 3 is 1.88 bits per heavy atom. The average molecular weight is 552 g/mol. The fourth-order valence-electron chi connectivity index (χ4n) is 6.46. The molecule has 0 bridgehead atoms. The maximum Gasteiger partial charge on any atom is 0.143 e. The summed E-state index contributed by atoms with van der Waals surface area (Å²) in [6.45, 7) is 0. The van der Waals surface area contributed by atoms with Crippen LogP contribution in [0.4, 0.5) is 17.1 Å². The molecule has 0 radical (unpaired) electrons. The number of para-hydroxylation sites is 4. The number of rotatable bonds is 4. The summed E-state index contributed by atoms with van der Waals surface area (Å²) in [4.78, 5) is 2.31. The van der Waals surface area contributed by atoms with Crippen molar-refractivity contribution < 1.29 is 8.83 Å². The summed E-state index contributed by atoms with van der Waals surface area (Å²) >= 11 is 0. The minimum Gasteiger partial charge on any atom is -0.456 e. The van der Waals surface area contributed by atoms with Gasteiger partial charge in [0, 0.05) is 44.2 Å². The molecule has 2 aromatic heterocycles. The topological polar surface area (TPSA) is 29.5 Å². The van der Waals surface area contributed by atoms with Gasteiger partial charge in [-0.15, -0.1) is 0 Å². The van der Waals surface area contributed by atoms with Crippen LogP contribution in [0.25, 0.3) is 65.8 Å². The largest absolute Gasteiger partial charge is 0.456 e. The van der Waals surface area contributed by atoms with Gasteiger partial charge in [-0.1, -0.05) is 97.1 Å². The first-order chi connectivity index (χ1) is 21.3. The van der Waals surface area contributed by atoms with Gasteiger partial charge in [0.05, 0.1) is 0 Å². The lowest BCUT2D eigenvalue weighted by atomic mass is 10.0. The van der Waals surface area contributed by atoms with Gasteiger partial charge in [-0.3, -0.25) is 0 Å². The molecule has 7 aromatic carbocycles. The molecule has 43 heavy (non-hydrogen) atoms. The Morgan fingerprint density at radius 2 is 1.05 bits per heavy atom. The lowest BCUT2D eigenvalue weighted by Gasteiger charge is -2.26. The van der Waals surface area contributed by atoms with E-state index in [1.807, 2.05) is 24.3 Å². The van der Waals surface area contributed by atoms with Crippen LogP contribution in [-0.2, 0) is 0 Å². The van der Waals surface area contributed by atoms with Crippen molar-refractivity contribution in [3.63, 3.8) is 0 Å². The lowest BCUT2D eigenvalue weighted by molar-refractivity contribution is 0.669. The average Bonchev–Trinajstić information content (AvgIpc) is 3.65. The first-order valence-corrected chi connectivity index (χ1v) is 14.5. The minimum atomic E-state index is 0.904. The monoisotopic (exact) mass is 551 g/mol. The van der Waals surface area contributed by atoms with E-state index in [9.17, 15) is 0 Å². The van der Waals surface area contributed by atoms with Crippen molar-refractivity contribution in [3.05, 3.63) is 152 Å². The zero-order valence-electron chi connectivity index (χ0n) is 23.2. The number of furan rings is 2. The molecule has 0 spiro atoms. The molecule has 9 rings (SSSR count). The summed E-state index contributed by atoms with van der Waals surface area (Å²) in [6.07, 6.45) is 0. The molecule has 0 aliphatic heterocycles. The zero-order valence-corrected chi connectivity index (χ0v) is 23.2. The Kier molecular flexibility index (Phi) is 5.20. The summed E-state index contributed by atoms with van der Waals surface area (Å²) in [6, 6.07) is 53.1. The molecule has 0 amide bonds. The van der Waals surface area contributed by atoms with E-state index in [0.717, 1.165) is 72.1 Å². The number of nitrogens with zero attached hydrogens (tertiary/aromatic N) is 1. The van der Waals surface area contributed by atoms with Crippen molar-refractivity contribution in [2.45, 2.75) is 0 Å². The summed E-state index contributed by atoms with van der Waals surface area (Å²) in [5.41, 5.74) is 9.11. The van der Waals surface area contributed by atoms with Crippen LogP contribution >= 0.6 is 0 Å². The van der Waals surface area contributed by atoms with Crippen molar-refractivity contribution in [1.82, 2.24) is 0 Å². The molecule has 0 saturated carbocycles. The smallest absolute Gasteiger partial charge is 0.143 e. The second-order valence-corrected chi connectivity index (χ2v) is 10.9. The molecule has 0 aliphatic rings. The highest BCUT2D eigenvalue weighted by molar-refractivity contribution is 6.19. The summed E-state index contributed by atoms with van der Waals surface area (Å²) in [5, 5.41) is 6.92. The van der Waals surface area contributed by atoms with Crippen LogP contribution in [-0.4, -0.2) is 0 Å². The predicted molar refractivity (Wildman–Crippen MR) is 179 cm³/mol. The van der Waals surface area contributed by atoms with Gasteiger partial charge in [-0.2, -0.15) is 0 Å². The van der Waals surface area contributed by atoms with Crippen LogP contribution in [0.5, 0.6) is 0 Å². The van der Waals surface area contributed by atoms with Crippen molar-refractivity contribution >= 4 is 71.7 Å². The quantitative estimate of drug-likeness (QED) is 0.218. The molecule has 3 nitrogen and oxygen atoms in total. The Bertz CT molecular complexity index is 2450. The minimum absolute atomic E-state index is 0.904. The molecule has 0 saturated heterocycles. The van der Waals surface area contributed by atoms with Gasteiger partial charge in [0.1, 0.15) is 22.3 Å². The van der Waals surface area contributed by atoms with Gasteiger partial charge in [-0.25, -0.2) is 0 Å². The van der Waals surface area contributed by atoms with E-state index in [0.29, 0.717) is 0 Å². The molecule has 0 N–H and O–H groups in total. The van der Waals surface area contributed by atoms with Crippen molar-refractivity contribution in [2.75, 3.05) is 4.90 Å². The summed E-state index contributed by atoms with van der Waals surface area (Å²) < 4.78 is 12.5. The SMILES string of the molecule is c1ccc(N(c2ccc(-c3cccc4c3oc3ccccc34)cc2)c2ccc3ccc4oc5ccccc5c4c3c2)cc1. The van der Waals surface area contributed by atoms with Gasteiger partial charge in [-0.05, 0) is 70.9 Å². The van der Waals surface area contributed by atoms with Gasteiger partial charge < -0.3 is 13.7 Å². The Labute approximate surface area is 247 Å². The Hall–Kier alpha value is -5.80. The third kappa shape index (κ3) is 3.75. The normalized spacial score (nSPS) is 11.7. The molecular weight excluding hydrogens is 526 g/mol. The van der Waals surface area contributed by atoms with E-state index in [-0.39, 0.29) is 0 Å². The molecule has 0 atom stereocenters. The maximum absolute atomic E-state index is 6.34. The third-order valence-corrected chi connectivity index (χ3v) is 8.46. The van der Waals surface area contributed by atoms with Gasteiger partial charge in [0.15, 0.2) is 0 Å². The summed E-state index contributed by atoms with van der Waals surface area (Å²) in [7, 11) is 0. The van der Waals surface area contributed by atoms with E-state index in [1.54, 1.807) is 0 Å².